The van der Waals surface area contributed by atoms with Crippen molar-refractivity contribution in [2.75, 3.05) is 40.0 Å². The van der Waals surface area contributed by atoms with Crippen LogP contribution in [0, 0.1) is 0 Å². The average Bonchev–Trinajstić information content (AvgIpc) is 3.14. The quantitative estimate of drug-likeness (QED) is 0.730. The van der Waals surface area contributed by atoms with Crippen molar-refractivity contribution >= 4 is 12.0 Å². The molecule has 2 N–H and O–H groups in total. The molecular formula is C23H26N2O6. The van der Waals surface area contributed by atoms with Crippen LogP contribution in [0.4, 0.5) is 4.79 Å². The lowest BCUT2D eigenvalue weighted by Crippen LogP contribution is -2.55. The number of methoxy groups -OCH3 is 1. The Morgan fingerprint density at radius 1 is 1.16 bits per heavy atom. The van der Waals surface area contributed by atoms with Crippen molar-refractivity contribution in [3.05, 3.63) is 59.7 Å². The summed E-state index contributed by atoms with van der Waals surface area (Å²) in [5, 5.41) is 12.1. The van der Waals surface area contributed by atoms with Crippen molar-refractivity contribution < 1.29 is 28.9 Å². The molecule has 2 atom stereocenters. The first-order valence-electron chi connectivity index (χ1n) is 10.3. The summed E-state index contributed by atoms with van der Waals surface area (Å²) in [6.45, 7) is 0.528. The molecule has 0 bridgehead atoms. The second kappa shape index (κ2) is 9.47. The van der Waals surface area contributed by atoms with Crippen LogP contribution >= 0.6 is 0 Å². The third-order valence-corrected chi connectivity index (χ3v) is 5.73. The first-order chi connectivity index (χ1) is 15.1. The summed E-state index contributed by atoms with van der Waals surface area (Å²) in [4.78, 5) is 26.6. The molecule has 2 aromatic rings. The summed E-state index contributed by atoms with van der Waals surface area (Å²) in [6, 6.07) is 15.0. The molecular weight excluding hydrogens is 400 g/mol. The number of hydrogen-bond donors (Lipinski definition) is 2. The Bertz CT molecular complexity index is 904. The molecule has 1 fully saturated rings. The van der Waals surface area contributed by atoms with E-state index in [1.54, 1.807) is 0 Å². The Morgan fingerprint density at radius 2 is 1.81 bits per heavy atom. The van der Waals surface area contributed by atoms with E-state index in [-0.39, 0.29) is 19.1 Å². The number of aliphatic hydroxyl groups excluding tert-OH is 1. The first-order valence-corrected chi connectivity index (χ1v) is 10.3. The molecule has 1 saturated heterocycles. The number of nitrogens with one attached hydrogen (secondary N) is 1. The molecule has 31 heavy (non-hydrogen) atoms. The van der Waals surface area contributed by atoms with Gasteiger partial charge in [0.25, 0.3) is 0 Å². The Labute approximate surface area is 180 Å². The van der Waals surface area contributed by atoms with E-state index in [1.165, 1.54) is 12.0 Å². The van der Waals surface area contributed by atoms with Gasteiger partial charge in [0.2, 0.25) is 5.91 Å². The number of nitrogens with zero attached hydrogens (tertiary/aromatic N) is 1. The maximum absolute atomic E-state index is 12.7. The number of benzene rings is 2. The predicted octanol–water partition coefficient (Wildman–Crippen LogP) is 1.72. The van der Waals surface area contributed by atoms with Gasteiger partial charge in [0, 0.05) is 19.6 Å². The number of carbonyl (C=O) groups is 2. The van der Waals surface area contributed by atoms with Gasteiger partial charge in [-0.05, 0) is 22.3 Å². The van der Waals surface area contributed by atoms with Gasteiger partial charge in [0.1, 0.15) is 12.6 Å². The van der Waals surface area contributed by atoms with Crippen molar-refractivity contribution in [1.29, 1.82) is 0 Å². The topological polar surface area (TPSA) is 97.3 Å². The van der Waals surface area contributed by atoms with Crippen molar-refractivity contribution in [2.24, 2.45) is 0 Å². The maximum Gasteiger partial charge on any atom is 0.407 e. The molecule has 4 rings (SSSR count). The van der Waals surface area contributed by atoms with Crippen LogP contribution in [-0.4, -0.2) is 74.4 Å². The summed E-state index contributed by atoms with van der Waals surface area (Å²) in [5.74, 6) is -0.482. The lowest BCUT2D eigenvalue weighted by Gasteiger charge is -2.33. The molecule has 0 spiro atoms. The van der Waals surface area contributed by atoms with E-state index < -0.39 is 30.9 Å². The van der Waals surface area contributed by atoms with Gasteiger partial charge in [-0.25, -0.2) is 4.79 Å². The normalized spacial score (nSPS) is 18.8. The third kappa shape index (κ3) is 4.41. The number of morpholine rings is 1. The molecule has 8 heteroatoms. The van der Waals surface area contributed by atoms with Crippen LogP contribution in [0.3, 0.4) is 0 Å². The summed E-state index contributed by atoms with van der Waals surface area (Å²) < 4.78 is 16.0. The van der Waals surface area contributed by atoms with E-state index in [2.05, 4.69) is 17.4 Å². The van der Waals surface area contributed by atoms with Gasteiger partial charge in [-0.3, -0.25) is 4.79 Å². The van der Waals surface area contributed by atoms with E-state index in [0.717, 1.165) is 22.3 Å². The summed E-state index contributed by atoms with van der Waals surface area (Å²) in [5.41, 5.74) is 4.47. The van der Waals surface area contributed by atoms with Gasteiger partial charge in [0.15, 0.2) is 6.29 Å². The fourth-order valence-corrected chi connectivity index (χ4v) is 4.15. The molecule has 1 unspecified atom stereocenters. The van der Waals surface area contributed by atoms with Gasteiger partial charge < -0.3 is 29.5 Å². The van der Waals surface area contributed by atoms with E-state index in [0.29, 0.717) is 13.2 Å². The molecule has 0 saturated carbocycles. The second-order valence-corrected chi connectivity index (χ2v) is 7.53. The van der Waals surface area contributed by atoms with Crippen LogP contribution in [0.5, 0.6) is 0 Å². The van der Waals surface area contributed by atoms with E-state index >= 15 is 0 Å². The molecule has 2 amide bonds. The number of alkyl carbamates (subject to hydrolysis) is 1. The van der Waals surface area contributed by atoms with Crippen LogP contribution in [-0.2, 0) is 19.0 Å². The zero-order valence-electron chi connectivity index (χ0n) is 17.3. The van der Waals surface area contributed by atoms with E-state index in [4.69, 9.17) is 14.2 Å². The van der Waals surface area contributed by atoms with Crippen LogP contribution < -0.4 is 5.32 Å². The molecule has 2 aromatic carbocycles. The molecule has 0 aromatic heterocycles. The highest BCUT2D eigenvalue weighted by Crippen LogP contribution is 2.44. The molecule has 164 valence electrons. The second-order valence-electron chi connectivity index (χ2n) is 7.53. The molecule has 2 aliphatic rings. The fourth-order valence-electron chi connectivity index (χ4n) is 4.15. The van der Waals surface area contributed by atoms with Gasteiger partial charge in [-0.2, -0.15) is 0 Å². The maximum atomic E-state index is 12.7. The SMILES string of the molecule is COC1CN(C(=O)[C@H](CO)NC(=O)OCC2c3ccccc3-c3ccccc32)CCO1. The van der Waals surface area contributed by atoms with Crippen molar-refractivity contribution in [1.82, 2.24) is 10.2 Å². The van der Waals surface area contributed by atoms with Crippen molar-refractivity contribution in [2.45, 2.75) is 18.2 Å². The van der Waals surface area contributed by atoms with Gasteiger partial charge >= 0.3 is 6.09 Å². The third-order valence-electron chi connectivity index (χ3n) is 5.73. The number of amides is 2. The Hall–Kier alpha value is -2.94. The summed E-state index contributed by atoms with van der Waals surface area (Å²) >= 11 is 0. The van der Waals surface area contributed by atoms with Crippen molar-refractivity contribution in [3.63, 3.8) is 0 Å². The highest BCUT2D eigenvalue weighted by molar-refractivity contribution is 5.86. The monoisotopic (exact) mass is 426 g/mol. The number of aliphatic hydroxyl groups is 1. The van der Waals surface area contributed by atoms with Gasteiger partial charge in [-0.15, -0.1) is 0 Å². The van der Waals surface area contributed by atoms with Gasteiger partial charge in [0.05, 0.1) is 19.8 Å². The molecule has 1 aliphatic heterocycles. The summed E-state index contributed by atoms with van der Waals surface area (Å²) in [7, 11) is 1.50. The number of rotatable bonds is 6. The largest absolute Gasteiger partial charge is 0.449 e. The van der Waals surface area contributed by atoms with Crippen LogP contribution in [0.25, 0.3) is 11.1 Å². The lowest BCUT2D eigenvalue weighted by atomic mass is 9.98. The van der Waals surface area contributed by atoms with E-state index in [9.17, 15) is 14.7 Å². The van der Waals surface area contributed by atoms with Gasteiger partial charge in [-0.1, -0.05) is 48.5 Å². The average molecular weight is 426 g/mol. The standard InChI is InChI=1S/C23H26N2O6/c1-29-21-12-25(10-11-30-21)22(27)20(13-26)24-23(28)31-14-19-17-8-4-2-6-15(17)16-7-3-5-9-18(16)19/h2-9,19-21,26H,10-14H2,1H3,(H,24,28)/t20-,21?/m0/s1. The minimum absolute atomic E-state index is 0.0804. The zero-order chi connectivity index (χ0) is 21.8. The minimum atomic E-state index is -1.09. The van der Waals surface area contributed by atoms with Crippen molar-refractivity contribution in [3.8, 4) is 11.1 Å². The number of carbonyl (C=O) groups excluding carboxylic acids is 2. The molecule has 1 heterocycles. The molecule has 1 aliphatic carbocycles. The molecule has 0 radical (unpaired) electrons. The minimum Gasteiger partial charge on any atom is -0.449 e. The molecule has 8 nitrogen and oxygen atoms in total. The first kappa shape index (κ1) is 21.3. The zero-order valence-corrected chi connectivity index (χ0v) is 17.3. The highest BCUT2D eigenvalue weighted by Gasteiger charge is 2.32. The van der Waals surface area contributed by atoms with E-state index in [1.807, 2.05) is 36.4 Å². The van der Waals surface area contributed by atoms with Crippen LogP contribution in [0.15, 0.2) is 48.5 Å². The predicted molar refractivity (Wildman–Crippen MR) is 112 cm³/mol. The Kier molecular flexibility index (Phi) is 6.50. The fraction of sp³-hybridized carbons (Fsp3) is 0.391. The smallest absolute Gasteiger partial charge is 0.407 e. The Balaban J connectivity index is 1.38. The Morgan fingerprint density at radius 3 is 2.42 bits per heavy atom. The number of hydrogen-bond acceptors (Lipinski definition) is 6. The highest BCUT2D eigenvalue weighted by atomic mass is 16.7. The van der Waals surface area contributed by atoms with Crippen LogP contribution in [0.2, 0.25) is 0 Å². The van der Waals surface area contributed by atoms with Crippen LogP contribution in [0.1, 0.15) is 17.0 Å². The number of ether oxygens (including phenoxy) is 3. The summed E-state index contributed by atoms with van der Waals surface area (Å²) in [6.07, 6.45) is -1.27. The lowest BCUT2D eigenvalue weighted by molar-refractivity contribution is -0.176. The number of fused-ring (bicyclic) bond motifs is 3.